The molecular weight excluding hydrogens is 208 g/mol. The summed E-state index contributed by atoms with van der Waals surface area (Å²) >= 11 is 0. The predicted molar refractivity (Wildman–Crippen MR) is 53.4 cm³/mol. The zero-order valence-electron chi connectivity index (χ0n) is 6.38. The van der Waals surface area contributed by atoms with Crippen molar-refractivity contribution in [3.63, 3.8) is 0 Å². The minimum atomic E-state index is -0.974. The minimum Gasteiger partial charge on any atom is -0.706 e. The van der Waals surface area contributed by atoms with Crippen molar-refractivity contribution in [1.82, 2.24) is 0 Å². The number of rotatable bonds is 3. The number of carbonyl (C=O) groups is 1. The molecule has 1 rings (SSSR count). The molecule has 68 valence electrons. The quantitative estimate of drug-likeness (QED) is 0.613. The van der Waals surface area contributed by atoms with Crippen molar-refractivity contribution in [2.24, 2.45) is 5.11 Å². The van der Waals surface area contributed by atoms with Gasteiger partial charge in [0.15, 0.2) is 0 Å². The molecule has 0 aromatic heterocycles. The second-order valence-corrected chi connectivity index (χ2v) is 4.12. The first-order chi connectivity index (χ1) is 6.24. The molecule has 0 aliphatic carbocycles. The molecule has 1 N–H and O–H groups in total. The maximum Gasteiger partial charge on any atom is 0.375 e. The molecule has 0 aliphatic rings. The molecule has 1 aromatic carbocycles. The molecule has 0 unspecified atom stereocenters. The molecule has 0 fully saturated rings. The first-order valence-electron chi connectivity index (χ1n) is 3.25. The largest absolute Gasteiger partial charge is 0.706 e. The van der Waals surface area contributed by atoms with E-state index in [1.54, 1.807) is 24.3 Å². The standard InChI is InChI=1S/C7H5N2O2S2/c8-9-5-3-1-2-4-6(5)12-13-7(10)11/h1-4H,(H,10,11)/q-1. The zero-order valence-corrected chi connectivity index (χ0v) is 8.01. The van der Waals surface area contributed by atoms with Crippen LogP contribution in [0.4, 0.5) is 10.5 Å². The van der Waals surface area contributed by atoms with Gasteiger partial charge in [-0.05, 0) is 22.9 Å². The molecule has 0 heterocycles. The number of benzene rings is 1. The van der Waals surface area contributed by atoms with E-state index < -0.39 is 5.30 Å². The van der Waals surface area contributed by atoms with Crippen LogP contribution in [0.25, 0.3) is 5.53 Å². The highest BCUT2D eigenvalue weighted by molar-refractivity contribution is 8.82. The van der Waals surface area contributed by atoms with Gasteiger partial charge in [-0.3, -0.25) is 0 Å². The van der Waals surface area contributed by atoms with Crippen LogP contribution in [0.15, 0.2) is 34.3 Å². The fourth-order valence-corrected chi connectivity index (χ4v) is 2.09. The Bertz CT molecular complexity index is 330. The molecule has 0 aliphatic heterocycles. The molecule has 0 amide bonds. The highest BCUT2D eigenvalue weighted by atomic mass is 33.1. The molecule has 4 nitrogen and oxygen atoms in total. The molecule has 6 heteroatoms. The maximum absolute atomic E-state index is 10.2. The highest BCUT2D eigenvalue weighted by Gasteiger charge is 2.03. The van der Waals surface area contributed by atoms with Crippen LogP contribution in [0, 0.1) is 0 Å². The van der Waals surface area contributed by atoms with E-state index in [1.807, 2.05) is 0 Å². The second kappa shape index (κ2) is 4.88. The van der Waals surface area contributed by atoms with Crippen molar-refractivity contribution >= 4 is 32.6 Å². The Kier molecular flexibility index (Phi) is 3.78. The number of carboxylic acid groups (broad SMARTS) is 1. The lowest BCUT2D eigenvalue weighted by Gasteiger charge is -2.03. The average Bonchev–Trinajstić information content (AvgIpc) is 2.15. The Morgan fingerprint density at radius 3 is 2.77 bits per heavy atom. The van der Waals surface area contributed by atoms with Gasteiger partial charge in [0, 0.05) is 15.7 Å². The van der Waals surface area contributed by atoms with E-state index in [4.69, 9.17) is 10.6 Å². The van der Waals surface area contributed by atoms with E-state index in [1.165, 1.54) is 0 Å². The third kappa shape index (κ3) is 3.08. The first-order valence-corrected chi connectivity index (χ1v) is 5.40. The summed E-state index contributed by atoms with van der Waals surface area (Å²) in [4.78, 5) is 10.8. The second-order valence-electron chi connectivity index (χ2n) is 2.00. The van der Waals surface area contributed by atoms with Gasteiger partial charge in [0.05, 0.1) is 5.69 Å². The molecule has 13 heavy (non-hydrogen) atoms. The van der Waals surface area contributed by atoms with Crippen molar-refractivity contribution in [3.05, 3.63) is 29.8 Å². The van der Waals surface area contributed by atoms with E-state index in [0.29, 0.717) is 21.4 Å². The Labute approximate surface area is 82.6 Å². The Balaban J connectivity index is 2.75. The minimum absolute atomic E-state index is 0.376. The number of nitrogens with zero attached hydrogens (tertiary/aromatic N) is 2. The molecular formula is C7H5N2O2S2-. The van der Waals surface area contributed by atoms with Crippen LogP contribution in [-0.2, 0) is 0 Å². The Morgan fingerprint density at radius 2 is 2.15 bits per heavy atom. The van der Waals surface area contributed by atoms with Crippen molar-refractivity contribution in [1.29, 1.82) is 0 Å². The normalized spacial score (nSPS) is 9.54. The summed E-state index contributed by atoms with van der Waals surface area (Å²) in [5.74, 6) is 0. The van der Waals surface area contributed by atoms with E-state index >= 15 is 0 Å². The molecule has 0 bridgehead atoms. The van der Waals surface area contributed by atoms with Gasteiger partial charge >= 0.3 is 5.30 Å². The summed E-state index contributed by atoms with van der Waals surface area (Å²) in [5, 5.41) is 10.4. The highest BCUT2D eigenvalue weighted by Crippen LogP contribution is 2.37. The van der Waals surface area contributed by atoms with Gasteiger partial charge in [-0.15, -0.1) is 0 Å². The first kappa shape index (κ1) is 10.1. The lowest BCUT2D eigenvalue weighted by atomic mass is 10.3. The zero-order chi connectivity index (χ0) is 9.68. The average molecular weight is 213 g/mol. The van der Waals surface area contributed by atoms with Crippen molar-refractivity contribution in [3.8, 4) is 0 Å². The molecule has 0 atom stereocenters. The van der Waals surface area contributed by atoms with Crippen LogP contribution in [0.1, 0.15) is 0 Å². The molecule has 0 radical (unpaired) electrons. The predicted octanol–water partition coefficient (Wildman–Crippen LogP) is 3.76. The van der Waals surface area contributed by atoms with Gasteiger partial charge in [0.2, 0.25) is 0 Å². The smallest absolute Gasteiger partial charge is 0.375 e. The lowest BCUT2D eigenvalue weighted by Crippen LogP contribution is -1.77. The summed E-state index contributed by atoms with van der Waals surface area (Å²) in [5.41, 5.74) is 8.91. The van der Waals surface area contributed by atoms with Gasteiger partial charge in [-0.25, -0.2) is 4.79 Å². The summed E-state index contributed by atoms with van der Waals surface area (Å²) in [6, 6.07) is 6.75. The summed E-state index contributed by atoms with van der Waals surface area (Å²) in [6.07, 6.45) is 0. The van der Waals surface area contributed by atoms with Crippen LogP contribution in [0.2, 0.25) is 0 Å². The van der Waals surface area contributed by atoms with Gasteiger partial charge in [-0.2, -0.15) is 0 Å². The Morgan fingerprint density at radius 1 is 1.46 bits per heavy atom. The third-order valence-corrected chi connectivity index (χ3v) is 3.14. The topological polar surface area (TPSA) is 72.0 Å². The van der Waals surface area contributed by atoms with E-state index in [9.17, 15) is 4.79 Å². The van der Waals surface area contributed by atoms with E-state index in [2.05, 4.69) is 5.11 Å². The third-order valence-electron chi connectivity index (χ3n) is 1.18. The van der Waals surface area contributed by atoms with E-state index in [0.717, 1.165) is 10.8 Å². The Hall–Kier alpha value is -1.01. The number of hydrogen-bond acceptors (Lipinski definition) is 4. The van der Waals surface area contributed by atoms with E-state index in [-0.39, 0.29) is 0 Å². The van der Waals surface area contributed by atoms with Crippen molar-refractivity contribution < 1.29 is 9.90 Å². The molecule has 0 saturated carbocycles. The SMILES string of the molecule is [N-]=Nc1ccccc1SSC(=O)O. The maximum atomic E-state index is 10.2. The van der Waals surface area contributed by atoms with Crippen molar-refractivity contribution in [2.75, 3.05) is 0 Å². The fraction of sp³-hybridized carbons (Fsp3) is 0. The molecule has 0 spiro atoms. The fourth-order valence-electron chi connectivity index (χ4n) is 0.691. The van der Waals surface area contributed by atoms with Gasteiger partial charge < -0.3 is 15.8 Å². The van der Waals surface area contributed by atoms with Crippen LogP contribution < -0.4 is 0 Å². The van der Waals surface area contributed by atoms with Gasteiger partial charge in [0.25, 0.3) is 0 Å². The molecule has 0 saturated heterocycles. The summed E-state index contributed by atoms with van der Waals surface area (Å²) in [6.45, 7) is 0. The summed E-state index contributed by atoms with van der Waals surface area (Å²) in [7, 11) is 1.72. The number of hydrogen-bond donors (Lipinski definition) is 1. The van der Waals surface area contributed by atoms with Crippen LogP contribution in [0.3, 0.4) is 0 Å². The van der Waals surface area contributed by atoms with Gasteiger partial charge in [-0.1, -0.05) is 12.1 Å². The van der Waals surface area contributed by atoms with Crippen molar-refractivity contribution in [2.45, 2.75) is 4.90 Å². The van der Waals surface area contributed by atoms with Crippen LogP contribution in [0.5, 0.6) is 0 Å². The molecule has 1 aromatic rings. The lowest BCUT2D eigenvalue weighted by molar-refractivity contribution is 0.222. The summed E-state index contributed by atoms with van der Waals surface area (Å²) < 4.78 is 0. The van der Waals surface area contributed by atoms with Crippen LogP contribution >= 0.6 is 21.6 Å². The van der Waals surface area contributed by atoms with Gasteiger partial charge in [0.1, 0.15) is 0 Å². The monoisotopic (exact) mass is 213 g/mol. The van der Waals surface area contributed by atoms with Crippen LogP contribution in [-0.4, -0.2) is 10.4 Å².